The summed E-state index contributed by atoms with van der Waals surface area (Å²) in [5.74, 6) is 1.63. The van der Waals surface area contributed by atoms with Crippen molar-refractivity contribution in [2.24, 2.45) is 0 Å². The Morgan fingerprint density at radius 2 is 1.79 bits per heavy atom. The minimum Gasteiger partial charge on any atom is -0.457 e. The maximum atomic E-state index is 9.06. The highest BCUT2D eigenvalue weighted by Crippen LogP contribution is 2.25. The molecule has 1 atom stereocenters. The van der Waals surface area contributed by atoms with Crippen LogP contribution in [0.2, 0.25) is 0 Å². The molecule has 0 aliphatic heterocycles. The second-order valence-corrected chi connectivity index (χ2v) is 4.34. The average molecular weight is 257 g/mol. The van der Waals surface area contributed by atoms with Crippen molar-refractivity contribution in [3.05, 3.63) is 60.2 Å². The van der Waals surface area contributed by atoms with Crippen LogP contribution in [-0.4, -0.2) is 18.8 Å². The molecule has 0 spiro atoms. The first-order chi connectivity index (χ1) is 9.33. The van der Waals surface area contributed by atoms with E-state index in [2.05, 4.69) is 5.32 Å². The van der Waals surface area contributed by atoms with Crippen LogP contribution in [0.15, 0.2) is 54.6 Å². The number of hydrogen-bond acceptors (Lipinski definition) is 3. The second kappa shape index (κ2) is 6.92. The van der Waals surface area contributed by atoms with E-state index in [1.807, 2.05) is 61.6 Å². The van der Waals surface area contributed by atoms with Gasteiger partial charge in [0.15, 0.2) is 0 Å². The van der Waals surface area contributed by atoms with Gasteiger partial charge in [-0.25, -0.2) is 0 Å². The van der Waals surface area contributed by atoms with Gasteiger partial charge >= 0.3 is 0 Å². The number of aliphatic hydroxyl groups is 1. The summed E-state index contributed by atoms with van der Waals surface area (Å²) >= 11 is 0. The molecule has 2 rings (SSSR count). The van der Waals surface area contributed by atoms with Crippen LogP contribution in [0, 0.1) is 0 Å². The number of para-hydroxylation sites is 1. The number of aliphatic hydroxyl groups excluding tert-OH is 1. The highest BCUT2D eigenvalue weighted by Gasteiger charge is 2.09. The fraction of sp³-hybridized carbons (Fsp3) is 0.250. The molecule has 0 saturated heterocycles. The Bertz CT molecular complexity index is 499. The van der Waals surface area contributed by atoms with Crippen LogP contribution in [0.25, 0.3) is 0 Å². The highest BCUT2D eigenvalue weighted by atomic mass is 16.5. The smallest absolute Gasteiger partial charge is 0.127 e. The van der Waals surface area contributed by atoms with E-state index in [0.29, 0.717) is 6.42 Å². The van der Waals surface area contributed by atoms with Gasteiger partial charge in [-0.05, 0) is 43.3 Å². The van der Waals surface area contributed by atoms with Gasteiger partial charge in [-0.2, -0.15) is 0 Å². The van der Waals surface area contributed by atoms with Crippen molar-refractivity contribution in [2.45, 2.75) is 12.5 Å². The summed E-state index contributed by atoms with van der Waals surface area (Å²) in [6.07, 6.45) is 0.686. The summed E-state index contributed by atoms with van der Waals surface area (Å²) in [6, 6.07) is 17.8. The summed E-state index contributed by atoms with van der Waals surface area (Å²) in [5.41, 5.74) is 1.12. The normalized spacial score (nSPS) is 12.1. The first kappa shape index (κ1) is 13.6. The zero-order valence-corrected chi connectivity index (χ0v) is 11.0. The summed E-state index contributed by atoms with van der Waals surface area (Å²) < 4.78 is 5.80. The van der Waals surface area contributed by atoms with Crippen molar-refractivity contribution >= 4 is 0 Å². The number of ether oxygens (including phenoxy) is 1. The molecular weight excluding hydrogens is 238 g/mol. The fourth-order valence-electron chi connectivity index (χ4n) is 2.03. The SMILES string of the molecule is CNC(CCO)c1cccc(Oc2ccccc2)c1. The van der Waals surface area contributed by atoms with Crippen LogP contribution in [0.4, 0.5) is 0 Å². The predicted octanol–water partition coefficient (Wildman–Crippen LogP) is 3.12. The van der Waals surface area contributed by atoms with E-state index in [1.54, 1.807) is 0 Å². The Morgan fingerprint density at radius 3 is 2.47 bits per heavy atom. The number of nitrogens with one attached hydrogen (secondary N) is 1. The quantitative estimate of drug-likeness (QED) is 0.835. The molecule has 0 amide bonds. The molecule has 0 radical (unpaired) electrons. The fourth-order valence-corrected chi connectivity index (χ4v) is 2.03. The topological polar surface area (TPSA) is 41.5 Å². The lowest BCUT2D eigenvalue weighted by Crippen LogP contribution is -2.17. The van der Waals surface area contributed by atoms with E-state index in [9.17, 15) is 0 Å². The van der Waals surface area contributed by atoms with Crippen molar-refractivity contribution < 1.29 is 9.84 Å². The van der Waals surface area contributed by atoms with E-state index in [-0.39, 0.29) is 12.6 Å². The zero-order chi connectivity index (χ0) is 13.5. The third-order valence-electron chi connectivity index (χ3n) is 3.01. The van der Waals surface area contributed by atoms with Crippen molar-refractivity contribution in [2.75, 3.05) is 13.7 Å². The molecule has 1 unspecified atom stereocenters. The van der Waals surface area contributed by atoms with E-state index < -0.39 is 0 Å². The second-order valence-electron chi connectivity index (χ2n) is 4.34. The molecule has 2 aromatic carbocycles. The molecule has 2 aromatic rings. The maximum absolute atomic E-state index is 9.06. The van der Waals surface area contributed by atoms with E-state index in [0.717, 1.165) is 17.1 Å². The Labute approximate surface area is 113 Å². The molecule has 0 aromatic heterocycles. The Balaban J connectivity index is 2.15. The standard InChI is InChI=1S/C16H19NO2/c1-17-16(10-11-18)13-6-5-9-15(12-13)19-14-7-3-2-4-8-14/h2-9,12,16-18H,10-11H2,1H3. The van der Waals surface area contributed by atoms with Crippen LogP contribution in [-0.2, 0) is 0 Å². The number of rotatable bonds is 6. The van der Waals surface area contributed by atoms with Crippen molar-refractivity contribution in [3.8, 4) is 11.5 Å². The van der Waals surface area contributed by atoms with Gasteiger partial charge in [0.1, 0.15) is 11.5 Å². The maximum Gasteiger partial charge on any atom is 0.127 e. The van der Waals surface area contributed by atoms with E-state index in [4.69, 9.17) is 9.84 Å². The first-order valence-electron chi connectivity index (χ1n) is 6.44. The summed E-state index contributed by atoms with van der Waals surface area (Å²) in [6.45, 7) is 0.162. The van der Waals surface area contributed by atoms with Gasteiger partial charge in [-0.1, -0.05) is 30.3 Å². The van der Waals surface area contributed by atoms with Crippen LogP contribution in [0.3, 0.4) is 0 Å². The molecule has 0 aliphatic carbocycles. The summed E-state index contributed by atoms with van der Waals surface area (Å²) in [5, 5.41) is 12.3. The van der Waals surface area contributed by atoms with Gasteiger partial charge in [-0.3, -0.25) is 0 Å². The lowest BCUT2D eigenvalue weighted by Gasteiger charge is -2.16. The van der Waals surface area contributed by atoms with Crippen LogP contribution in [0.1, 0.15) is 18.0 Å². The highest BCUT2D eigenvalue weighted by molar-refractivity contribution is 5.35. The Kier molecular flexibility index (Phi) is 4.95. The summed E-state index contributed by atoms with van der Waals surface area (Å²) in [7, 11) is 1.89. The monoisotopic (exact) mass is 257 g/mol. The third-order valence-corrected chi connectivity index (χ3v) is 3.01. The number of hydrogen-bond donors (Lipinski definition) is 2. The Hall–Kier alpha value is -1.84. The molecule has 0 fully saturated rings. The molecule has 0 heterocycles. The van der Waals surface area contributed by atoms with Crippen molar-refractivity contribution in [1.82, 2.24) is 5.32 Å². The van der Waals surface area contributed by atoms with E-state index in [1.165, 1.54) is 0 Å². The first-order valence-corrected chi connectivity index (χ1v) is 6.44. The number of benzene rings is 2. The zero-order valence-electron chi connectivity index (χ0n) is 11.0. The molecule has 0 saturated carbocycles. The van der Waals surface area contributed by atoms with Crippen molar-refractivity contribution in [1.29, 1.82) is 0 Å². The van der Waals surface area contributed by atoms with Gasteiger partial charge in [0.05, 0.1) is 0 Å². The van der Waals surface area contributed by atoms with Crippen LogP contribution >= 0.6 is 0 Å². The van der Waals surface area contributed by atoms with Gasteiger partial charge in [0.2, 0.25) is 0 Å². The van der Waals surface area contributed by atoms with Crippen LogP contribution < -0.4 is 10.1 Å². The largest absolute Gasteiger partial charge is 0.457 e. The molecule has 3 nitrogen and oxygen atoms in total. The minimum atomic E-state index is 0.143. The molecule has 0 bridgehead atoms. The molecule has 3 heteroatoms. The predicted molar refractivity (Wildman–Crippen MR) is 76.5 cm³/mol. The Morgan fingerprint density at radius 1 is 1.05 bits per heavy atom. The van der Waals surface area contributed by atoms with Gasteiger partial charge in [-0.15, -0.1) is 0 Å². The lowest BCUT2D eigenvalue weighted by molar-refractivity contribution is 0.268. The van der Waals surface area contributed by atoms with Gasteiger partial charge < -0.3 is 15.2 Å². The molecule has 19 heavy (non-hydrogen) atoms. The van der Waals surface area contributed by atoms with E-state index >= 15 is 0 Å². The molecule has 0 aliphatic rings. The van der Waals surface area contributed by atoms with Gasteiger partial charge in [0, 0.05) is 12.6 Å². The van der Waals surface area contributed by atoms with Gasteiger partial charge in [0.25, 0.3) is 0 Å². The minimum absolute atomic E-state index is 0.143. The molecule has 2 N–H and O–H groups in total. The summed E-state index contributed by atoms with van der Waals surface area (Å²) in [4.78, 5) is 0. The van der Waals surface area contributed by atoms with Crippen LogP contribution in [0.5, 0.6) is 11.5 Å². The molecule has 100 valence electrons. The van der Waals surface area contributed by atoms with Crippen molar-refractivity contribution in [3.63, 3.8) is 0 Å². The third kappa shape index (κ3) is 3.81. The molecular formula is C16H19NO2. The average Bonchev–Trinajstić information content (AvgIpc) is 2.46. The lowest BCUT2D eigenvalue weighted by atomic mass is 10.0.